The van der Waals surface area contributed by atoms with Crippen LogP contribution in [0.3, 0.4) is 0 Å². The van der Waals surface area contributed by atoms with Crippen LogP contribution in [-0.4, -0.2) is 40.2 Å². The van der Waals surface area contributed by atoms with Crippen LogP contribution in [0, 0.1) is 6.92 Å². The van der Waals surface area contributed by atoms with E-state index in [1.165, 1.54) is 13.2 Å². The van der Waals surface area contributed by atoms with Crippen molar-refractivity contribution in [2.75, 3.05) is 13.7 Å². The molecular weight excluding hydrogens is 306 g/mol. The number of nitrogens with one attached hydrogen (secondary N) is 1. The second-order valence-electron chi connectivity index (χ2n) is 5.44. The molecule has 1 saturated heterocycles. The van der Waals surface area contributed by atoms with Crippen LogP contribution in [0.1, 0.15) is 35.7 Å². The molecule has 0 saturated carbocycles. The lowest BCUT2D eigenvalue weighted by molar-refractivity contribution is 0.0173. The van der Waals surface area contributed by atoms with Gasteiger partial charge in [-0.2, -0.15) is 0 Å². The predicted octanol–water partition coefficient (Wildman–Crippen LogP) is 1.63. The first-order valence-corrected chi connectivity index (χ1v) is 8.65. The van der Waals surface area contributed by atoms with Crippen molar-refractivity contribution in [1.29, 1.82) is 0 Å². The van der Waals surface area contributed by atoms with Gasteiger partial charge in [-0.3, -0.25) is 0 Å². The van der Waals surface area contributed by atoms with Crippen molar-refractivity contribution < 1.29 is 22.7 Å². The molecule has 1 fully saturated rings. The molecule has 2 atom stereocenters. The Labute approximate surface area is 130 Å². The van der Waals surface area contributed by atoms with E-state index >= 15 is 0 Å². The first-order valence-electron chi connectivity index (χ1n) is 7.17. The average Bonchev–Trinajstić information content (AvgIpc) is 2.46. The summed E-state index contributed by atoms with van der Waals surface area (Å²) in [6, 6.07) is 4.43. The Balaban J connectivity index is 2.28. The Kier molecular flexibility index (Phi) is 5.20. The van der Waals surface area contributed by atoms with E-state index in [1.807, 2.05) is 6.92 Å². The number of methoxy groups -OCH3 is 1. The van der Waals surface area contributed by atoms with E-state index in [0.717, 1.165) is 0 Å². The summed E-state index contributed by atoms with van der Waals surface area (Å²) in [5, 5.41) is 0. The van der Waals surface area contributed by atoms with Crippen molar-refractivity contribution in [3.8, 4) is 0 Å². The Hall–Kier alpha value is -1.44. The van der Waals surface area contributed by atoms with Crippen molar-refractivity contribution in [1.82, 2.24) is 4.72 Å². The van der Waals surface area contributed by atoms with Gasteiger partial charge < -0.3 is 9.47 Å². The molecule has 1 aliphatic heterocycles. The fourth-order valence-corrected chi connectivity index (χ4v) is 4.18. The van der Waals surface area contributed by atoms with Crippen LogP contribution >= 0.6 is 0 Å². The molecule has 0 spiro atoms. The molecule has 1 aromatic carbocycles. The number of hydrogen-bond acceptors (Lipinski definition) is 5. The summed E-state index contributed by atoms with van der Waals surface area (Å²) < 4.78 is 38.0. The Morgan fingerprint density at radius 3 is 2.77 bits per heavy atom. The number of ether oxygens (including phenoxy) is 2. The number of rotatable bonds is 4. The third kappa shape index (κ3) is 3.66. The van der Waals surface area contributed by atoms with Crippen molar-refractivity contribution in [2.45, 2.75) is 43.7 Å². The smallest absolute Gasteiger partial charge is 0.338 e. The molecule has 1 N–H and O–H groups in total. The van der Waals surface area contributed by atoms with Gasteiger partial charge in [0.1, 0.15) is 0 Å². The molecule has 6 nitrogen and oxygen atoms in total. The Morgan fingerprint density at radius 1 is 1.41 bits per heavy atom. The van der Waals surface area contributed by atoms with Gasteiger partial charge in [0.15, 0.2) is 0 Å². The van der Waals surface area contributed by atoms with Crippen LogP contribution < -0.4 is 4.72 Å². The lowest BCUT2D eigenvalue weighted by atomic mass is 10.1. The molecule has 1 heterocycles. The second-order valence-corrected chi connectivity index (χ2v) is 7.13. The molecule has 1 aliphatic rings. The van der Waals surface area contributed by atoms with E-state index < -0.39 is 16.0 Å². The van der Waals surface area contributed by atoms with Gasteiger partial charge in [0.2, 0.25) is 10.0 Å². The van der Waals surface area contributed by atoms with Gasteiger partial charge in [-0.05, 0) is 44.4 Å². The van der Waals surface area contributed by atoms with Gasteiger partial charge in [-0.15, -0.1) is 0 Å². The number of esters is 1. The second kappa shape index (κ2) is 6.76. The summed E-state index contributed by atoms with van der Waals surface area (Å²) in [6.07, 6.45) is 1.30. The van der Waals surface area contributed by atoms with Crippen LogP contribution in [0.5, 0.6) is 0 Å². The van der Waals surface area contributed by atoms with E-state index in [-0.39, 0.29) is 22.6 Å². The first kappa shape index (κ1) is 16.9. The SMILES string of the molecule is COC(=O)c1cccc(S(=O)(=O)NC2CCOC(C)C2)c1C. The molecule has 0 aromatic heterocycles. The maximum atomic E-state index is 12.6. The zero-order valence-electron chi connectivity index (χ0n) is 13.0. The summed E-state index contributed by atoms with van der Waals surface area (Å²) in [5.41, 5.74) is 0.646. The highest BCUT2D eigenvalue weighted by Crippen LogP contribution is 2.22. The largest absolute Gasteiger partial charge is 0.465 e. The molecule has 122 valence electrons. The number of sulfonamides is 1. The number of hydrogen-bond donors (Lipinski definition) is 1. The van der Waals surface area contributed by atoms with E-state index in [1.54, 1.807) is 19.1 Å². The van der Waals surface area contributed by atoms with E-state index in [2.05, 4.69) is 9.46 Å². The average molecular weight is 327 g/mol. The van der Waals surface area contributed by atoms with Crippen LogP contribution in [-0.2, 0) is 19.5 Å². The Bertz CT molecular complexity index is 656. The standard InChI is InChI=1S/C15H21NO5S/c1-10-9-12(7-8-21-10)16-22(18,19)14-6-4-5-13(11(14)2)15(17)20-3/h4-6,10,12,16H,7-9H2,1-3H3. The zero-order valence-corrected chi connectivity index (χ0v) is 13.8. The highest BCUT2D eigenvalue weighted by molar-refractivity contribution is 7.89. The molecule has 0 radical (unpaired) electrons. The molecule has 7 heteroatoms. The molecule has 0 bridgehead atoms. The van der Waals surface area contributed by atoms with Crippen LogP contribution in [0.2, 0.25) is 0 Å². The van der Waals surface area contributed by atoms with Crippen LogP contribution in [0.15, 0.2) is 23.1 Å². The zero-order chi connectivity index (χ0) is 16.3. The minimum absolute atomic E-state index is 0.0314. The van der Waals surface area contributed by atoms with Gasteiger partial charge >= 0.3 is 5.97 Å². The van der Waals surface area contributed by atoms with Crippen molar-refractivity contribution in [3.05, 3.63) is 29.3 Å². The first-order chi connectivity index (χ1) is 10.3. The number of carbonyl (C=O) groups is 1. The molecular formula is C15H21NO5S. The van der Waals surface area contributed by atoms with Gasteiger partial charge in [0.05, 0.1) is 23.7 Å². The fraction of sp³-hybridized carbons (Fsp3) is 0.533. The van der Waals surface area contributed by atoms with Crippen molar-refractivity contribution >= 4 is 16.0 Å². The summed E-state index contributed by atoms with van der Waals surface area (Å²) in [4.78, 5) is 11.8. The molecule has 1 aromatic rings. The third-order valence-corrected chi connectivity index (χ3v) is 5.45. The molecule has 0 amide bonds. The van der Waals surface area contributed by atoms with Gasteiger partial charge in [0.25, 0.3) is 0 Å². The highest BCUT2D eigenvalue weighted by atomic mass is 32.2. The minimum Gasteiger partial charge on any atom is -0.465 e. The monoisotopic (exact) mass is 327 g/mol. The lowest BCUT2D eigenvalue weighted by Gasteiger charge is -2.28. The summed E-state index contributed by atoms with van der Waals surface area (Å²) in [7, 11) is -2.42. The maximum absolute atomic E-state index is 12.6. The summed E-state index contributed by atoms with van der Waals surface area (Å²) >= 11 is 0. The number of carbonyl (C=O) groups excluding carboxylic acids is 1. The summed E-state index contributed by atoms with van der Waals surface area (Å²) in [5.74, 6) is -0.547. The van der Waals surface area contributed by atoms with E-state index in [9.17, 15) is 13.2 Å². The quantitative estimate of drug-likeness (QED) is 0.850. The van der Waals surface area contributed by atoms with Gasteiger partial charge in [-0.1, -0.05) is 6.07 Å². The van der Waals surface area contributed by atoms with E-state index in [0.29, 0.717) is 25.0 Å². The van der Waals surface area contributed by atoms with Crippen LogP contribution in [0.25, 0.3) is 0 Å². The van der Waals surface area contributed by atoms with Gasteiger partial charge in [-0.25, -0.2) is 17.9 Å². The van der Waals surface area contributed by atoms with Gasteiger partial charge in [0, 0.05) is 12.6 Å². The highest BCUT2D eigenvalue weighted by Gasteiger charge is 2.27. The number of benzene rings is 1. The maximum Gasteiger partial charge on any atom is 0.338 e. The summed E-state index contributed by atoms with van der Waals surface area (Å²) in [6.45, 7) is 4.06. The molecule has 2 unspecified atom stereocenters. The van der Waals surface area contributed by atoms with Crippen LogP contribution in [0.4, 0.5) is 0 Å². The topological polar surface area (TPSA) is 81.7 Å². The van der Waals surface area contributed by atoms with Crippen molar-refractivity contribution in [3.63, 3.8) is 0 Å². The normalized spacial score (nSPS) is 22.3. The molecule has 22 heavy (non-hydrogen) atoms. The lowest BCUT2D eigenvalue weighted by Crippen LogP contribution is -2.41. The predicted molar refractivity (Wildman–Crippen MR) is 81.3 cm³/mol. The molecule has 0 aliphatic carbocycles. The fourth-order valence-electron chi connectivity index (χ4n) is 2.62. The Morgan fingerprint density at radius 2 is 2.14 bits per heavy atom. The van der Waals surface area contributed by atoms with Crippen molar-refractivity contribution in [2.24, 2.45) is 0 Å². The minimum atomic E-state index is -3.69. The van der Waals surface area contributed by atoms with E-state index in [4.69, 9.17) is 4.74 Å². The molecule has 2 rings (SSSR count). The third-order valence-electron chi connectivity index (χ3n) is 3.79.